The first-order valence-electron chi connectivity index (χ1n) is 6.48. The van der Waals surface area contributed by atoms with E-state index < -0.39 is 15.8 Å². The van der Waals surface area contributed by atoms with E-state index in [4.69, 9.17) is 5.11 Å². The Hall–Kier alpha value is -1.36. The smallest absolute Gasteiger partial charge is 0.306 e. The molecule has 1 aromatic rings. The minimum Gasteiger partial charge on any atom is -0.481 e. The molecule has 0 radical (unpaired) electrons. The second kappa shape index (κ2) is 5.33. The van der Waals surface area contributed by atoms with Crippen molar-refractivity contribution in [3.63, 3.8) is 0 Å². The maximum atomic E-state index is 11.6. The van der Waals surface area contributed by atoms with Crippen molar-refractivity contribution in [1.29, 1.82) is 0 Å². The fourth-order valence-corrected chi connectivity index (χ4v) is 3.14. The van der Waals surface area contributed by atoms with Gasteiger partial charge in [-0.2, -0.15) is 0 Å². The second-order valence-corrected chi connectivity index (χ2v) is 7.30. The Balaban J connectivity index is 1.91. The largest absolute Gasteiger partial charge is 0.481 e. The predicted molar refractivity (Wildman–Crippen MR) is 71.7 cm³/mol. The molecule has 0 bridgehead atoms. The molecular formula is C14H18O4S. The Kier molecular flexibility index (Phi) is 3.94. The summed E-state index contributed by atoms with van der Waals surface area (Å²) in [4.78, 5) is 11.1. The number of carbonyl (C=O) groups is 1. The van der Waals surface area contributed by atoms with Crippen LogP contribution in [-0.4, -0.2) is 25.2 Å². The van der Waals surface area contributed by atoms with Gasteiger partial charge >= 0.3 is 5.97 Å². The molecule has 1 N–H and O–H groups in total. The fourth-order valence-electron chi connectivity index (χ4n) is 2.25. The zero-order valence-corrected chi connectivity index (χ0v) is 11.7. The van der Waals surface area contributed by atoms with Gasteiger partial charge < -0.3 is 5.11 Å². The third kappa shape index (κ3) is 3.35. The van der Waals surface area contributed by atoms with Crippen LogP contribution in [0.5, 0.6) is 0 Å². The van der Waals surface area contributed by atoms with Gasteiger partial charge in [0, 0.05) is 0 Å². The number of carboxylic acids is 1. The maximum Gasteiger partial charge on any atom is 0.306 e. The van der Waals surface area contributed by atoms with Crippen LogP contribution in [0.4, 0.5) is 0 Å². The van der Waals surface area contributed by atoms with Crippen molar-refractivity contribution in [2.75, 3.05) is 5.75 Å². The van der Waals surface area contributed by atoms with Crippen LogP contribution in [0.1, 0.15) is 25.3 Å². The number of rotatable bonds is 6. The van der Waals surface area contributed by atoms with Crippen LogP contribution in [0, 0.1) is 11.8 Å². The summed E-state index contributed by atoms with van der Waals surface area (Å²) in [6.45, 7) is 1.63. The van der Waals surface area contributed by atoms with Gasteiger partial charge in [0.15, 0.2) is 9.84 Å². The van der Waals surface area contributed by atoms with Crippen LogP contribution < -0.4 is 0 Å². The first-order valence-corrected chi connectivity index (χ1v) is 8.13. The Labute approximate surface area is 113 Å². The molecule has 0 aliphatic heterocycles. The van der Waals surface area contributed by atoms with Gasteiger partial charge in [0.1, 0.15) is 0 Å². The molecule has 1 aromatic carbocycles. The normalized spacial score (nSPS) is 22.2. The molecule has 1 saturated carbocycles. The Morgan fingerprint density at radius 1 is 1.32 bits per heavy atom. The van der Waals surface area contributed by atoms with E-state index >= 15 is 0 Å². The molecule has 0 amide bonds. The number of aliphatic carboxylic acids is 1. The summed E-state index contributed by atoms with van der Waals surface area (Å²) in [5.74, 6) is -0.472. The number of hydrogen-bond acceptors (Lipinski definition) is 3. The number of aryl methyl sites for hydroxylation is 1. The number of sulfone groups is 1. The zero-order valence-electron chi connectivity index (χ0n) is 10.9. The lowest BCUT2D eigenvalue weighted by atomic mass is 10.1. The summed E-state index contributed by atoms with van der Waals surface area (Å²) in [5.41, 5.74) is 1.06. The van der Waals surface area contributed by atoms with Gasteiger partial charge in [-0.25, -0.2) is 8.42 Å². The second-order valence-electron chi connectivity index (χ2n) is 5.03. The molecule has 2 atom stereocenters. The first kappa shape index (κ1) is 14.1. The highest BCUT2D eigenvalue weighted by Crippen LogP contribution is 2.42. The van der Waals surface area contributed by atoms with Crippen LogP contribution in [0.2, 0.25) is 0 Å². The first-order chi connectivity index (χ1) is 8.94. The number of carboxylic acid groups (broad SMARTS) is 1. The SMILES string of the molecule is CCS(=O)(=O)c1ccc(CCC2CC2C(=O)O)cc1. The molecular weight excluding hydrogens is 264 g/mol. The molecule has 4 nitrogen and oxygen atoms in total. The minimum absolute atomic E-state index is 0.106. The molecule has 2 rings (SSSR count). The zero-order chi connectivity index (χ0) is 14.0. The molecule has 1 aliphatic carbocycles. The lowest BCUT2D eigenvalue weighted by Crippen LogP contribution is -2.03. The summed E-state index contributed by atoms with van der Waals surface area (Å²) in [7, 11) is -3.13. The number of benzene rings is 1. The van der Waals surface area contributed by atoms with Gasteiger partial charge in [-0.05, 0) is 42.9 Å². The van der Waals surface area contributed by atoms with Gasteiger partial charge in [-0.3, -0.25) is 4.79 Å². The maximum absolute atomic E-state index is 11.6. The third-order valence-electron chi connectivity index (χ3n) is 3.71. The van der Waals surface area contributed by atoms with E-state index in [2.05, 4.69) is 0 Å². The van der Waals surface area contributed by atoms with Crippen LogP contribution in [0.15, 0.2) is 29.2 Å². The molecule has 2 unspecified atom stereocenters. The van der Waals surface area contributed by atoms with Crippen molar-refractivity contribution >= 4 is 15.8 Å². The van der Waals surface area contributed by atoms with E-state index in [0.717, 1.165) is 24.8 Å². The van der Waals surface area contributed by atoms with Crippen molar-refractivity contribution in [2.24, 2.45) is 11.8 Å². The predicted octanol–water partition coefficient (Wildman–Crippen LogP) is 2.13. The molecule has 104 valence electrons. The number of hydrogen-bond donors (Lipinski definition) is 1. The Morgan fingerprint density at radius 3 is 2.42 bits per heavy atom. The fraction of sp³-hybridized carbons (Fsp3) is 0.500. The third-order valence-corrected chi connectivity index (χ3v) is 5.46. The average Bonchev–Trinajstić information content (AvgIpc) is 3.16. The van der Waals surface area contributed by atoms with E-state index in [-0.39, 0.29) is 17.6 Å². The van der Waals surface area contributed by atoms with Crippen LogP contribution in [0.25, 0.3) is 0 Å². The van der Waals surface area contributed by atoms with Crippen LogP contribution >= 0.6 is 0 Å². The summed E-state index contributed by atoms with van der Waals surface area (Å²) in [5, 5.41) is 8.81. The van der Waals surface area contributed by atoms with Crippen molar-refractivity contribution in [2.45, 2.75) is 31.1 Å². The standard InChI is InChI=1S/C14H18O4S/c1-2-19(17,18)12-7-4-10(5-8-12)3-6-11-9-13(11)14(15)16/h4-5,7-8,11,13H,2-3,6,9H2,1H3,(H,15,16). The molecule has 19 heavy (non-hydrogen) atoms. The van der Waals surface area contributed by atoms with Crippen LogP contribution in [-0.2, 0) is 21.1 Å². The molecule has 1 fully saturated rings. The van der Waals surface area contributed by atoms with E-state index in [1.807, 2.05) is 12.1 Å². The van der Waals surface area contributed by atoms with E-state index in [1.165, 1.54) is 0 Å². The summed E-state index contributed by atoms with van der Waals surface area (Å²) < 4.78 is 23.3. The summed E-state index contributed by atoms with van der Waals surface area (Å²) >= 11 is 0. The van der Waals surface area contributed by atoms with E-state index in [9.17, 15) is 13.2 Å². The Morgan fingerprint density at radius 2 is 1.95 bits per heavy atom. The monoisotopic (exact) mass is 282 g/mol. The summed E-state index contributed by atoms with van der Waals surface area (Å²) in [6.07, 6.45) is 2.44. The Bertz CT molecular complexity index is 560. The lowest BCUT2D eigenvalue weighted by Gasteiger charge is -2.04. The highest BCUT2D eigenvalue weighted by atomic mass is 32.2. The van der Waals surface area contributed by atoms with Gasteiger partial charge in [0.2, 0.25) is 0 Å². The summed E-state index contributed by atoms with van der Waals surface area (Å²) in [6, 6.07) is 6.91. The molecule has 0 aromatic heterocycles. The van der Waals surface area contributed by atoms with Crippen LogP contribution in [0.3, 0.4) is 0 Å². The highest BCUT2D eigenvalue weighted by molar-refractivity contribution is 7.91. The van der Waals surface area contributed by atoms with Gasteiger partial charge in [0.25, 0.3) is 0 Å². The van der Waals surface area contributed by atoms with Gasteiger partial charge in [0.05, 0.1) is 16.6 Å². The topological polar surface area (TPSA) is 71.4 Å². The van der Waals surface area contributed by atoms with Gasteiger partial charge in [-0.15, -0.1) is 0 Å². The molecule has 1 aliphatic rings. The van der Waals surface area contributed by atoms with Crippen molar-refractivity contribution in [1.82, 2.24) is 0 Å². The minimum atomic E-state index is -3.13. The van der Waals surface area contributed by atoms with E-state index in [1.54, 1.807) is 19.1 Å². The van der Waals surface area contributed by atoms with E-state index in [0.29, 0.717) is 4.90 Å². The lowest BCUT2D eigenvalue weighted by molar-refractivity contribution is -0.138. The van der Waals surface area contributed by atoms with Crippen molar-refractivity contribution < 1.29 is 18.3 Å². The molecule has 0 saturated heterocycles. The average molecular weight is 282 g/mol. The van der Waals surface area contributed by atoms with Gasteiger partial charge in [-0.1, -0.05) is 19.1 Å². The molecule has 0 heterocycles. The molecule has 0 spiro atoms. The molecule has 5 heteroatoms. The van der Waals surface area contributed by atoms with Crippen molar-refractivity contribution in [3.05, 3.63) is 29.8 Å². The quantitative estimate of drug-likeness (QED) is 0.867. The van der Waals surface area contributed by atoms with Crippen molar-refractivity contribution in [3.8, 4) is 0 Å². The highest BCUT2D eigenvalue weighted by Gasteiger charge is 2.42.